The second kappa shape index (κ2) is 51.1. The lowest BCUT2D eigenvalue weighted by Crippen LogP contribution is -2.37. The summed E-state index contributed by atoms with van der Waals surface area (Å²) in [6.45, 7) is 4.29. The molecule has 70 heavy (non-hydrogen) atoms. The Labute approximate surface area is 431 Å². The molecule has 0 aliphatic rings. The molecule has 0 saturated carbocycles. The van der Waals surface area contributed by atoms with E-state index in [0.29, 0.717) is 17.4 Å². The smallest absolute Gasteiger partial charge is 0.462 e. The fourth-order valence-electron chi connectivity index (χ4n) is 7.58. The molecule has 2 unspecified atom stereocenters. The molecular formula is C60H107NO8P+. The number of carbonyl (C=O) groups is 2. The van der Waals surface area contributed by atoms with Crippen LogP contribution in [0.1, 0.15) is 232 Å². The molecule has 404 valence electrons. The van der Waals surface area contributed by atoms with Crippen molar-refractivity contribution in [2.75, 3.05) is 47.5 Å². The molecule has 0 spiro atoms. The van der Waals surface area contributed by atoms with Crippen LogP contribution < -0.4 is 0 Å². The Kier molecular flexibility index (Phi) is 49.1. The number of phosphoric acid groups is 1. The standard InChI is InChI=1S/C60H106NO8P/c1-6-8-10-12-14-16-17-18-19-20-21-22-23-24-25-26-27-28-29-30-31-32-33-34-35-36-37-38-39-40-41-42-43-45-47-49-51-53-60(63)69-58(57-68-70(64,65)67-55-54-61(3,4)5)56-66-59(62)52-50-48-46-44-15-13-11-9-7-2/h8,10,14,16,18-19,21-22,24-25,27-28,30-31,58H,6-7,9,11-13,15,17,20,23,26,29,32-57H2,1-5H3/p+1/b10-8-,16-14-,19-18-,22-21-,25-24-,28-27-,31-30-. The van der Waals surface area contributed by atoms with Crippen molar-refractivity contribution in [3.05, 3.63) is 85.1 Å². The number of phosphoric ester groups is 1. The zero-order valence-corrected chi connectivity index (χ0v) is 46.6. The van der Waals surface area contributed by atoms with Crippen LogP contribution in [0.5, 0.6) is 0 Å². The Balaban J connectivity index is 3.96. The monoisotopic (exact) mass is 1000 g/mol. The highest BCUT2D eigenvalue weighted by Gasteiger charge is 2.27. The first-order valence-electron chi connectivity index (χ1n) is 28.3. The lowest BCUT2D eigenvalue weighted by atomic mass is 10.0. The van der Waals surface area contributed by atoms with Crippen molar-refractivity contribution >= 4 is 19.8 Å². The predicted molar refractivity (Wildman–Crippen MR) is 298 cm³/mol. The summed E-state index contributed by atoms with van der Waals surface area (Å²) in [4.78, 5) is 35.4. The van der Waals surface area contributed by atoms with E-state index >= 15 is 0 Å². The average Bonchev–Trinajstić information content (AvgIpc) is 3.32. The number of hydrogen-bond acceptors (Lipinski definition) is 7. The van der Waals surface area contributed by atoms with Crippen LogP contribution in [0.15, 0.2) is 85.1 Å². The minimum Gasteiger partial charge on any atom is -0.462 e. The molecule has 0 rings (SSSR count). The van der Waals surface area contributed by atoms with Crippen LogP contribution in [-0.2, 0) is 32.7 Å². The molecule has 0 amide bonds. The molecule has 9 nitrogen and oxygen atoms in total. The molecule has 0 aromatic rings. The number of carbonyl (C=O) groups excluding carboxylic acids is 2. The topological polar surface area (TPSA) is 108 Å². The second-order valence-corrected chi connectivity index (χ2v) is 21.4. The Bertz CT molecular complexity index is 1460. The largest absolute Gasteiger partial charge is 0.472 e. The van der Waals surface area contributed by atoms with Gasteiger partial charge < -0.3 is 18.9 Å². The highest BCUT2D eigenvalue weighted by atomic mass is 31.2. The second-order valence-electron chi connectivity index (χ2n) is 19.9. The highest BCUT2D eigenvalue weighted by molar-refractivity contribution is 7.47. The van der Waals surface area contributed by atoms with E-state index in [9.17, 15) is 19.0 Å². The third-order valence-electron chi connectivity index (χ3n) is 11.9. The fraction of sp³-hybridized carbons (Fsp3) is 0.733. The molecule has 2 atom stereocenters. The Morgan fingerprint density at radius 2 is 0.814 bits per heavy atom. The Morgan fingerprint density at radius 1 is 0.457 bits per heavy atom. The lowest BCUT2D eigenvalue weighted by molar-refractivity contribution is -0.870. The molecule has 10 heteroatoms. The fourth-order valence-corrected chi connectivity index (χ4v) is 8.33. The van der Waals surface area contributed by atoms with Gasteiger partial charge in [0.2, 0.25) is 0 Å². The van der Waals surface area contributed by atoms with Gasteiger partial charge in [-0.25, -0.2) is 4.57 Å². The van der Waals surface area contributed by atoms with Crippen molar-refractivity contribution in [3.8, 4) is 0 Å². The van der Waals surface area contributed by atoms with E-state index in [2.05, 4.69) is 98.9 Å². The number of quaternary nitrogens is 1. The number of nitrogens with zero attached hydrogens (tertiary/aromatic N) is 1. The molecule has 0 saturated heterocycles. The molecule has 0 bridgehead atoms. The van der Waals surface area contributed by atoms with Gasteiger partial charge in [0.1, 0.15) is 19.8 Å². The molecule has 0 heterocycles. The lowest BCUT2D eigenvalue weighted by Gasteiger charge is -2.24. The Morgan fingerprint density at radius 3 is 1.21 bits per heavy atom. The van der Waals surface area contributed by atoms with E-state index in [1.165, 1.54) is 116 Å². The van der Waals surface area contributed by atoms with Crippen molar-refractivity contribution in [2.24, 2.45) is 0 Å². The molecule has 1 N–H and O–H groups in total. The third-order valence-corrected chi connectivity index (χ3v) is 12.9. The van der Waals surface area contributed by atoms with E-state index < -0.39 is 26.5 Å². The van der Waals surface area contributed by atoms with E-state index in [4.69, 9.17) is 18.5 Å². The minimum atomic E-state index is -4.38. The van der Waals surface area contributed by atoms with E-state index in [1.807, 2.05) is 21.1 Å². The number of likely N-dealkylation sites (N-methyl/N-ethyl adjacent to an activating group) is 1. The van der Waals surface area contributed by atoms with Gasteiger partial charge in [0.25, 0.3) is 0 Å². The minimum absolute atomic E-state index is 0.0309. The zero-order chi connectivity index (χ0) is 51.3. The van der Waals surface area contributed by atoms with E-state index in [0.717, 1.165) is 83.5 Å². The maximum absolute atomic E-state index is 12.8. The first-order valence-corrected chi connectivity index (χ1v) is 29.8. The van der Waals surface area contributed by atoms with Crippen molar-refractivity contribution in [3.63, 3.8) is 0 Å². The van der Waals surface area contributed by atoms with E-state index in [1.54, 1.807) is 0 Å². The average molecular weight is 1000 g/mol. The van der Waals surface area contributed by atoms with Crippen LogP contribution in [0.2, 0.25) is 0 Å². The van der Waals surface area contributed by atoms with Crippen LogP contribution in [0.4, 0.5) is 0 Å². The van der Waals surface area contributed by atoms with Crippen LogP contribution in [0.25, 0.3) is 0 Å². The summed E-state index contributed by atoms with van der Waals surface area (Å²) in [7, 11) is 1.48. The maximum atomic E-state index is 12.8. The third kappa shape index (κ3) is 54.5. The Hall–Kier alpha value is -2.81. The van der Waals surface area contributed by atoms with Gasteiger partial charge in [-0.05, 0) is 70.6 Å². The van der Waals surface area contributed by atoms with Gasteiger partial charge in [0.05, 0.1) is 27.7 Å². The molecule has 0 aliphatic heterocycles. The van der Waals surface area contributed by atoms with Crippen molar-refractivity contribution < 1.29 is 42.1 Å². The van der Waals surface area contributed by atoms with Crippen LogP contribution in [0, 0.1) is 0 Å². The van der Waals surface area contributed by atoms with Crippen LogP contribution in [-0.4, -0.2) is 74.9 Å². The summed E-state index contributed by atoms with van der Waals surface area (Å²) >= 11 is 0. The summed E-state index contributed by atoms with van der Waals surface area (Å²) in [6, 6.07) is 0. The van der Waals surface area contributed by atoms with Crippen molar-refractivity contribution in [2.45, 2.75) is 238 Å². The normalized spacial score (nSPS) is 14.0. The molecule has 0 aromatic heterocycles. The molecular weight excluding hydrogens is 894 g/mol. The first-order chi connectivity index (χ1) is 34.0. The maximum Gasteiger partial charge on any atom is 0.472 e. The summed E-state index contributed by atoms with van der Waals surface area (Å²) in [5.74, 6) is -0.798. The van der Waals surface area contributed by atoms with Crippen molar-refractivity contribution in [1.82, 2.24) is 0 Å². The van der Waals surface area contributed by atoms with Gasteiger partial charge in [0.15, 0.2) is 6.10 Å². The quantitative estimate of drug-likeness (QED) is 0.0211. The van der Waals surface area contributed by atoms with Crippen LogP contribution >= 0.6 is 7.82 Å². The number of esters is 2. The van der Waals surface area contributed by atoms with Gasteiger partial charge in [-0.1, -0.05) is 234 Å². The number of allylic oxidation sites excluding steroid dienone is 14. The van der Waals surface area contributed by atoms with E-state index in [-0.39, 0.29) is 32.0 Å². The van der Waals surface area contributed by atoms with Crippen molar-refractivity contribution in [1.29, 1.82) is 0 Å². The van der Waals surface area contributed by atoms with Gasteiger partial charge in [-0.3, -0.25) is 18.6 Å². The number of hydrogen-bond donors (Lipinski definition) is 1. The highest BCUT2D eigenvalue weighted by Crippen LogP contribution is 2.43. The number of unbranched alkanes of at least 4 members (excludes halogenated alkanes) is 23. The first kappa shape index (κ1) is 67.2. The summed E-state index contributed by atoms with van der Waals surface area (Å²) in [6.07, 6.45) is 68.2. The summed E-state index contributed by atoms with van der Waals surface area (Å²) < 4.78 is 34.4. The molecule has 0 aliphatic carbocycles. The zero-order valence-electron chi connectivity index (χ0n) is 45.7. The molecule has 0 fully saturated rings. The SMILES string of the molecule is CC/C=C\C/C=C\C/C=C\C/C=C\C/C=C\C/C=C\C/C=C\CCCCCCCCCCCCCCCCCC(=O)OC(COC(=O)CCCCCCCCCCC)COP(=O)(O)OCC[N+](C)(C)C. The summed E-state index contributed by atoms with van der Waals surface area (Å²) in [5, 5.41) is 0. The van der Waals surface area contributed by atoms with Gasteiger partial charge in [-0.2, -0.15) is 0 Å². The number of ether oxygens (including phenoxy) is 2. The molecule has 0 aromatic carbocycles. The van der Waals surface area contributed by atoms with Gasteiger partial charge in [0, 0.05) is 12.8 Å². The van der Waals surface area contributed by atoms with Gasteiger partial charge >= 0.3 is 19.8 Å². The van der Waals surface area contributed by atoms with Gasteiger partial charge in [-0.15, -0.1) is 0 Å². The summed E-state index contributed by atoms with van der Waals surface area (Å²) in [5.41, 5.74) is 0. The number of rotatable bonds is 51. The van der Waals surface area contributed by atoms with Crippen LogP contribution in [0.3, 0.4) is 0 Å². The molecule has 0 radical (unpaired) electrons. The predicted octanol–water partition coefficient (Wildman–Crippen LogP) is 17.5.